The van der Waals surface area contributed by atoms with E-state index in [4.69, 9.17) is 14.7 Å². The summed E-state index contributed by atoms with van der Waals surface area (Å²) in [6.07, 6.45) is 1.50. The van der Waals surface area contributed by atoms with Gasteiger partial charge in [0.15, 0.2) is 0 Å². The lowest BCUT2D eigenvalue weighted by atomic mass is 10.1. The van der Waals surface area contributed by atoms with Crippen molar-refractivity contribution in [2.75, 3.05) is 7.11 Å². The van der Waals surface area contributed by atoms with Crippen molar-refractivity contribution in [2.45, 2.75) is 25.9 Å². The molecule has 0 bridgehead atoms. The molecule has 3 nitrogen and oxygen atoms in total. The molecular formula is C14H17NO2. The average molecular weight is 231 g/mol. The van der Waals surface area contributed by atoms with Crippen molar-refractivity contribution in [1.82, 2.24) is 0 Å². The first-order valence-corrected chi connectivity index (χ1v) is 5.60. The zero-order chi connectivity index (χ0) is 12.7. The van der Waals surface area contributed by atoms with E-state index in [1.165, 1.54) is 0 Å². The number of ether oxygens (including phenoxy) is 2. The number of hydrogen-bond donors (Lipinski definition) is 0. The summed E-state index contributed by atoms with van der Waals surface area (Å²) in [5, 5.41) is 8.84. The second-order valence-corrected chi connectivity index (χ2v) is 3.71. The molecular weight excluding hydrogens is 214 g/mol. The molecule has 0 aliphatic heterocycles. The molecule has 0 saturated heterocycles. The van der Waals surface area contributed by atoms with Crippen LogP contribution in [0, 0.1) is 11.3 Å². The van der Waals surface area contributed by atoms with Crippen molar-refractivity contribution >= 4 is 0 Å². The minimum Gasteiger partial charge on any atom is -0.497 e. The highest BCUT2D eigenvalue weighted by Crippen LogP contribution is 2.21. The molecule has 0 saturated carbocycles. The molecule has 0 aromatic heterocycles. The van der Waals surface area contributed by atoms with E-state index in [1.54, 1.807) is 7.11 Å². The predicted molar refractivity (Wildman–Crippen MR) is 67.1 cm³/mol. The van der Waals surface area contributed by atoms with Gasteiger partial charge in [0.05, 0.1) is 18.8 Å². The average Bonchev–Trinajstić information content (AvgIpc) is 2.38. The number of benzene rings is 1. The fraction of sp³-hybridized carbons (Fsp3) is 0.357. The van der Waals surface area contributed by atoms with Gasteiger partial charge in [0, 0.05) is 0 Å². The van der Waals surface area contributed by atoms with Crippen molar-refractivity contribution in [3.63, 3.8) is 0 Å². The van der Waals surface area contributed by atoms with Crippen molar-refractivity contribution < 1.29 is 9.47 Å². The second-order valence-electron chi connectivity index (χ2n) is 3.71. The topological polar surface area (TPSA) is 42.2 Å². The Morgan fingerprint density at radius 1 is 1.35 bits per heavy atom. The van der Waals surface area contributed by atoms with Gasteiger partial charge in [-0.15, -0.1) is 0 Å². The predicted octanol–water partition coefficient (Wildman–Crippen LogP) is 3.32. The lowest BCUT2D eigenvalue weighted by molar-refractivity contribution is 0.230. The summed E-state index contributed by atoms with van der Waals surface area (Å²) < 4.78 is 10.8. The summed E-state index contributed by atoms with van der Waals surface area (Å²) in [4.78, 5) is 0. The molecule has 1 atom stereocenters. The van der Waals surface area contributed by atoms with Crippen LogP contribution in [-0.2, 0) is 0 Å². The quantitative estimate of drug-likeness (QED) is 0.705. The van der Waals surface area contributed by atoms with Crippen LogP contribution < -0.4 is 9.47 Å². The molecule has 1 rings (SSSR count). The normalized spacial score (nSPS) is 11.4. The highest BCUT2D eigenvalue weighted by molar-refractivity contribution is 5.32. The van der Waals surface area contributed by atoms with Crippen molar-refractivity contribution in [2.24, 2.45) is 0 Å². The lowest BCUT2D eigenvalue weighted by Gasteiger charge is -2.17. The summed E-state index contributed by atoms with van der Waals surface area (Å²) in [5.74, 6) is 1.50. The van der Waals surface area contributed by atoms with Gasteiger partial charge in [-0.05, 0) is 30.7 Å². The van der Waals surface area contributed by atoms with E-state index >= 15 is 0 Å². The maximum absolute atomic E-state index is 8.84. The van der Waals surface area contributed by atoms with Crippen LogP contribution in [0.25, 0.3) is 0 Å². The van der Waals surface area contributed by atoms with E-state index in [9.17, 15) is 0 Å². The molecule has 0 aliphatic carbocycles. The highest BCUT2D eigenvalue weighted by atomic mass is 16.5. The molecule has 0 N–H and O–H groups in total. The molecule has 0 aliphatic rings. The molecule has 1 aromatic rings. The van der Waals surface area contributed by atoms with E-state index in [1.807, 2.05) is 30.3 Å². The van der Waals surface area contributed by atoms with E-state index in [0.717, 1.165) is 24.3 Å². The van der Waals surface area contributed by atoms with Crippen molar-refractivity contribution in [3.05, 3.63) is 36.4 Å². The van der Waals surface area contributed by atoms with Crippen LogP contribution in [-0.4, -0.2) is 13.2 Å². The maximum Gasteiger partial charge on any atom is 0.133 e. The third-order valence-corrected chi connectivity index (χ3v) is 2.42. The number of hydrogen-bond acceptors (Lipinski definition) is 3. The summed E-state index contributed by atoms with van der Waals surface area (Å²) in [7, 11) is 1.62. The van der Waals surface area contributed by atoms with Gasteiger partial charge in [-0.25, -0.2) is 0 Å². The smallest absolute Gasteiger partial charge is 0.133 e. The Morgan fingerprint density at radius 3 is 2.41 bits per heavy atom. The maximum atomic E-state index is 8.84. The van der Waals surface area contributed by atoms with E-state index in [0.29, 0.717) is 5.57 Å². The van der Waals surface area contributed by atoms with Crippen molar-refractivity contribution in [3.8, 4) is 17.6 Å². The molecule has 0 unspecified atom stereocenters. The zero-order valence-electron chi connectivity index (χ0n) is 10.3. The summed E-state index contributed by atoms with van der Waals surface area (Å²) in [5.41, 5.74) is 0.461. The fourth-order valence-corrected chi connectivity index (χ4v) is 1.46. The Morgan fingerprint density at radius 2 is 1.94 bits per heavy atom. The van der Waals surface area contributed by atoms with Gasteiger partial charge >= 0.3 is 0 Å². The fourth-order valence-electron chi connectivity index (χ4n) is 1.46. The standard InChI is InChI=1S/C14H17NO2/c1-4-5-14(11(2)10-15)17-13-8-6-12(16-3)7-9-13/h6-9,14H,2,4-5H2,1,3H3/t14-/m0/s1. The van der Waals surface area contributed by atoms with Crippen LogP contribution in [0.2, 0.25) is 0 Å². The zero-order valence-corrected chi connectivity index (χ0v) is 10.3. The first kappa shape index (κ1) is 13.1. The first-order chi connectivity index (χ1) is 8.21. The Balaban J connectivity index is 2.72. The number of nitriles is 1. The molecule has 17 heavy (non-hydrogen) atoms. The largest absolute Gasteiger partial charge is 0.497 e. The Hall–Kier alpha value is -1.95. The third kappa shape index (κ3) is 3.84. The van der Waals surface area contributed by atoms with Crippen LogP contribution in [0.4, 0.5) is 0 Å². The van der Waals surface area contributed by atoms with Crippen LogP contribution in [0.5, 0.6) is 11.5 Å². The Bertz CT molecular complexity index is 403. The highest BCUT2D eigenvalue weighted by Gasteiger charge is 2.13. The minimum atomic E-state index is -0.238. The lowest BCUT2D eigenvalue weighted by Crippen LogP contribution is -2.17. The summed E-state index contributed by atoms with van der Waals surface area (Å²) >= 11 is 0. The van der Waals surface area contributed by atoms with Gasteiger partial charge in [0.1, 0.15) is 17.6 Å². The van der Waals surface area contributed by atoms with Gasteiger partial charge in [0.25, 0.3) is 0 Å². The molecule has 1 aromatic carbocycles. The molecule has 0 radical (unpaired) electrons. The molecule has 0 fully saturated rings. The van der Waals surface area contributed by atoms with Crippen molar-refractivity contribution in [1.29, 1.82) is 5.26 Å². The number of methoxy groups -OCH3 is 1. The first-order valence-electron chi connectivity index (χ1n) is 5.60. The number of rotatable bonds is 6. The second kappa shape index (κ2) is 6.59. The van der Waals surface area contributed by atoms with Crippen LogP contribution >= 0.6 is 0 Å². The third-order valence-electron chi connectivity index (χ3n) is 2.42. The molecule has 3 heteroatoms. The van der Waals surface area contributed by atoms with Gasteiger partial charge in [-0.3, -0.25) is 0 Å². The summed E-state index contributed by atoms with van der Waals surface area (Å²) in [6.45, 7) is 5.76. The van der Waals surface area contributed by atoms with Crippen LogP contribution in [0.1, 0.15) is 19.8 Å². The van der Waals surface area contributed by atoms with Gasteiger partial charge in [-0.2, -0.15) is 5.26 Å². The van der Waals surface area contributed by atoms with Gasteiger partial charge in [0.2, 0.25) is 0 Å². The minimum absolute atomic E-state index is 0.238. The SMILES string of the molecule is C=C(C#N)[C@H](CCC)Oc1ccc(OC)cc1. The molecule has 0 spiro atoms. The Kier molecular flexibility index (Phi) is 5.09. The van der Waals surface area contributed by atoms with Crippen LogP contribution in [0.15, 0.2) is 36.4 Å². The molecule has 0 amide bonds. The van der Waals surface area contributed by atoms with E-state index in [-0.39, 0.29) is 6.10 Å². The van der Waals surface area contributed by atoms with E-state index in [2.05, 4.69) is 13.5 Å². The number of nitrogens with zero attached hydrogens (tertiary/aromatic N) is 1. The van der Waals surface area contributed by atoms with Gasteiger partial charge in [-0.1, -0.05) is 19.9 Å². The van der Waals surface area contributed by atoms with Gasteiger partial charge < -0.3 is 9.47 Å². The van der Waals surface area contributed by atoms with E-state index < -0.39 is 0 Å². The Labute approximate surface area is 102 Å². The monoisotopic (exact) mass is 231 g/mol. The molecule has 90 valence electrons. The summed E-state index contributed by atoms with van der Waals surface area (Å²) in [6, 6.07) is 9.35. The molecule has 0 heterocycles. The van der Waals surface area contributed by atoms with Crippen LogP contribution in [0.3, 0.4) is 0 Å².